The van der Waals surface area contributed by atoms with Crippen LogP contribution in [-0.2, 0) is 23.6 Å². The number of imidazole rings is 1. The third-order valence-corrected chi connectivity index (χ3v) is 6.68. The van der Waals surface area contributed by atoms with Crippen molar-refractivity contribution in [1.82, 2.24) is 19.5 Å². The van der Waals surface area contributed by atoms with Crippen molar-refractivity contribution in [3.8, 4) is 0 Å². The summed E-state index contributed by atoms with van der Waals surface area (Å²) in [6, 6.07) is 0. The lowest BCUT2D eigenvalue weighted by atomic mass is 10.1. The van der Waals surface area contributed by atoms with Crippen LogP contribution in [0.4, 0.5) is 5.82 Å². The molecule has 0 amide bonds. The number of aliphatic hydroxyl groups is 2. The quantitative estimate of drug-likeness (QED) is 0.172. The molecule has 33 heavy (non-hydrogen) atoms. The van der Waals surface area contributed by atoms with Crippen molar-refractivity contribution in [1.29, 1.82) is 0 Å². The number of fused-ring (bicyclic) bond motifs is 1. The number of nitrogens with one attached hydrogen (secondary N) is 1. The fraction of sp³-hybridized carbons (Fsp3) is 0.647. The summed E-state index contributed by atoms with van der Waals surface area (Å²) >= 11 is 5.99. The molecule has 1 saturated heterocycles. The highest BCUT2D eigenvalue weighted by molar-refractivity contribution is 7.54. The van der Waals surface area contributed by atoms with Gasteiger partial charge in [0.25, 0.3) is 5.34 Å². The molecule has 0 radical (unpaired) electrons. The van der Waals surface area contributed by atoms with Gasteiger partial charge in [-0.1, -0.05) is 0 Å². The van der Waals surface area contributed by atoms with Crippen molar-refractivity contribution in [3.05, 3.63) is 11.6 Å². The van der Waals surface area contributed by atoms with Crippen molar-refractivity contribution in [3.63, 3.8) is 0 Å². The predicted octanol–water partition coefficient (Wildman–Crippen LogP) is 0.00430. The number of nitrogens with zero attached hydrogens (tertiary/aromatic N) is 4. The number of aliphatic hydroxyl groups excluding tert-OH is 2. The number of rotatable bonds is 9. The number of aromatic nitrogens is 4. The summed E-state index contributed by atoms with van der Waals surface area (Å²) in [4.78, 5) is 43.8. The van der Waals surface area contributed by atoms with Gasteiger partial charge in [0.2, 0.25) is 5.28 Å². The predicted molar refractivity (Wildman–Crippen MR) is 113 cm³/mol. The van der Waals surface area contributed by atoms with Crippen LogP contribution in [0.1, 0.15) is 27.0 Å². The van der Waals surface area contributed by atoms with Crippen LogP contribution >= 0.6 is 19.2 Å². The first-order valence-electron chi connectivity index (χ1n) is 9.96. The van der Waals surface area contributed by atoms with Crippen LogP contribution in [0.5, 0.6) is 0 Å². The molecule has 1 fully saturated rings. The Bertz CT molecular complexity index is 1060. The molecular formula is C17H25ClN5O9P. The fourth-order valence-electron chi connectivity index (χ4n) is 3.23. The molecule has 14 nitrogen and oxygen atoms in total. The molecule has 0 bridgehead atoms. The zero-order valence-electron chi connectivity index (χ0n) is 18.0. The third-order valence-electron chi connectivity index (χ3n) is 5.09. The average molecular weight is 510 g/mol. The Kier molecular flexibility index (Phi) is 7.61. The van der Waals surface area contributed by atoms with E-state index in [9.17, 15) is 29.4 Å². The summed E-state index contributed by atoms with van der Waals surface area (Å²) in [6.07, 6.45) is -4.15. The van der Waals surface area contributed by atoms with Gasteiger partial charge in [0.05, 0.1) is 19.5 Å². The first kappa shape index (κ1) is 25.7. The minimum Gasteiger partial charge on any atom is -0.463 e. The Labute approximate surface area is 193 Å². The Morgan fingerprint density at radius 2 is 2.03 bits per heavy atom. The standard InChI is InChI=1S/C17H25ClN5O9P/c1-4-19-12-9-13(22-16(18)21-12)23(7-20-9)14-11(25)10(24)8(32-14)6-31-17(3,33(27,28)29)15(26)30-5-2/h7-8,10-11,14,24-25H,4-6H2,1-3H3,(H,19,21,22)(H2,27,28,29)/t8-,10-,11-,14-,17+/m1/s1. The second kappa shape index (κ2) is 9.76. The van der Waals surface area contributed by atoms with Gasteiger partial charge in [-0.2, -0.15) is 9.97 Å². The number of halogens is 1. The van der Waals surface area contributed by atoms with Gasteiger partial charge in [-0.3, -0.25) is 9.13 Å². The zero-order chi connectivity index (χ0) is 24.6. The maximum Gasteiger partial charge on any atom is 0.368 e. The molecule has 1 aliphatic heterocycles. The molecule has 2 aromatic rings. The smallest absolute Gasteiger partial charge is 0.368 e. The maximum atomic E-state index is 12.1. The number of anilines is 1. The van der Waals surface area contributed by atoms with Gasteiger partial charge < -0.3 is 39.5 Å². The highest BCUT2D eigenvalue weighted by Gasteiger charge is 2.54. The molecule has 0 aromatic carbocycles. The molecule has 5 atom stereocenters. The Morgan fingerprint density at radius 1 is 1.33 bits per heavy atom. The molecule has 3 heterocycles. The van der Waals surface area contributed by atoms with Crippen LogP contribution in [-0.4, -0.2) is 88.9 Å². The number of carbonyl (C=O) groups excluding carboxylic acids is 1. The van der Waals surface area contributed by atoms with Crippen LogP contribution in [0.3, 0.4) is 0 Å². The number of esters is 1. The van der Waals surface area contributed by atoms with Crippen LogP contribution in [0.25, 0.3) is 11.2 Å². The summed E-state index contributed by atoms with van der Waals surface area (Å²) in [5, 5.41) is 21.3. The van der Waals surface area contributed by atoms with E-state index in [-0.39, 0.29) is 17.5 Å². The van der Waals surface area contributed by atoms with Crippen LogP contribution in [0.2, 0.25) is 5.28 Å². The number of ether oxygens (including phenoxy) is 3. The van der Waals surface area contributed by atoms with E-state index in [0.717, 1.165) is 6.92 Å². The Hall–Kier alpha value is -1.90. The minimum atomic E-state index is -5.13. The number of hydrogen-bond acceptors (Lipinski definition) is 11. The van der Waals surface area contributed by atoms with Crippen molar-refractivity contribution in [2.45, 2.75) is 50.7 Å². The van der Waals surface area contributed by atoms with Gasteiger partial charge in [0.1, 0.15) is 18.3 Å². The summed E-state index contributed by atoms with van der Waals surface area (Å²) < 4.78 is 28.9. The largest absolute Gasteiger partial charge is 0.463 e. The van der Waals surface area contributed by atoms with Gasteiger partial charge in [-0.15, -0.1) is 0 Å². The molecular weight excluding hydrogens is 485 g/mol. The van der Waals surface area contributed by atoms with E-state index in [1.807, 2.05) is 6.92 Å². The van der Waals surface area contributed by atoms with E-state index < -0.39 is 50.1 Å². The average Bonchev–Trinajstić information content (AvgIpc) is 3.27. The van der Waals surface area contributed by atoms with E-state index in [1.54, 1.807) is 0 Å². The van der Waals surface area contributed by atoms with E-state index in [2.05, 4.69) is 20.3 Å². The van der Waals surface area contributed by atoms with E-state index in [4.69, 9.17) is 25.8 Å². The summed E-state index contributed by atoms with van der Waals surface area (Å²) in [5.41, 5.74) is 0.568. The molecule has 0 saturated carbocycles. The SMILES string of the molecule is CCNc1nc(Cl)nc2c1ncn2[C@@H]1O[C@H](CO[C@](C)(C(=O)OCC)P(=O)(O)O)[C@@H](O)[C@H]1O. The third kappa shape index (κ3) is 4.84. The molecule has 0 aliphatic carbocycles. The van der Waals surface area contributed by atoms with Gasteiger partial charge >= 0.3 is 13.6 Å². The second-order valence-electron chi connectivity index (χ2n) is 7.30. The molecule has 0 spiro atoms. The van der Waals surface area contributed by atoms with E-state index in [0.29, 0.717) is 17.9 Å². The lowest BCUT2D eigenvalue weighted by molar-refractivity contribution is -0.166. The fourth-order valence-corrected chi connectivity index (χ4v) is 3.94. The highest BCUT2D eigenvalue weighted by Crippen LogP contribution is 2.52. The van der Waals surface area contributed by atoms with Crippen molar-refractivity contribution in [2.24, 2.45) is 0 Å². The molecule has 1 aliphatic rings. The summed E-state index contributed by atoms with van der Waals surface area (Å²) in [7, 11) is -5.13. The lowest BCUT2D eigenvalue weighted by Gasteiger charge is -2.29. The molecule has 3 rings (SSSR count). The van der Waals surface area contributed by atoms with Gasteiger partial charge in [-0.05, 0) is 32.4 Å². The van der Waals surface area contributed by atoms with Crippen LogP contribution < -0.4 is 5.32 Å². The molecule has 5 N–H and O–H groups in total. The minimum absolute atomic E-state index is 0.0834. The van der Waals surface area contributed by atoms with Crippen molar-refractivity contribution in [2.75, 3.05) is 25.1 Å². The van der Waals surface area contributed by atoms with Crippen molar-refractivity contribution >= 4 is 42.1 Å². The molecule has 16 heteroatoms. The lowest BCUT2D eigenvalue weighted by Crippen LogP contribution is -2.43. The van der Waals surface area contributed by atoms with Gasteiger partial charge in [0.15, 0.2) is 23.2 Å². The number of hydrogen-bond donors (Lipinski definition) is 5. The van der Waals surface area contributed by atoms with Crippen molar-refractivity contribution < 1.29 is 43.6 Å². The molecule has 184 valence electrons. The second-order valence-corrected chi connectivity index (χ2v) is 9.58. The topological polar surface area (TPSA) is 198 Å². The zero-order valence-corrected chi connectivity index (χ0v) is 19.6. The monoisotopic (exact) mass is 509 g/mol. The first-order chi connectivity index (χ1) is 15.4. The molecule has 0 unspecified atom stereocenters. The van der Waals surface area contributed by atoms with E-state index in [1.165, 1.54) is 17.8 Å². The number of carbonyl (C=O) groups is 1. The first-order valence-corrected chi connectivity index (χ1v) is 12.0. The Morgan fingerprint density at radius 3 is 2.64 bits per heavy atom. The van der Waals surface area contributed by atoms with E-state index >= 15 is 0 Å². The highest BCUT2D eigenvalue weighted by atomic mass is 35.5. The van der Waals surface area contributed by atoms with Crippen LogP contribution in [0.15, 0.2) is 6.33 Å². The maximum absolute atomic E-state index is 12.1. The summed E-state index contributed by atoms with van der Waals surface area (Å²) in [6.45, 7) is 3.97. The Balaban J connectivity index is 1.85. The van der Waals surface area contributed by atoms with Gasteiger partial charge in [-0.25, -0.2) is 9.78 Å². The van der Waals surface area contributed by atoms with Crippen LogP contribution in [0, 0.1) is 0 Å². The van der Waals surface area contributed by atoms with Gasteiger partial charge in [0, 0.05) is 6.54 Å². The normalized spacial score (nSPS) is 25.2. The molecule has 2 aromatic heterocycles. The summed E-state index contributed by atoms with van der Waals surface area (Å²) in [5.74, 6) is -0.906.